The number of carboxylic acid groups (broad SMARTS) is 2. The summed E-state index contributed by atoms with van der Waals surface area (Å²) in [6.45, 7) is 4.51. The molecular formula is C18H34O4-2. The Balaban J connectivity index is 0. The van der Waals surface area contributed by atoms with Crippen molar-refractivity contribution in [2.45, 2.75) is 104 Å². The van der Waals surface area contributed by atoms with Crippen LogP contribution in [0.25, 0.3) is 0 Å². The molecule has 0 radical (unpaired) electrons. The fraction of sp³-hybridized carbons (Fsp3) is 0.889. The van der Waals surface area contributed by atoms with Crippen molar-refractivity contribution < 1.29 is 19.8 Å². The second kappa shape index (κ2) is 19.9. The molecule has 132 valence electrons. The van der Waals surface area contributed by atoms with E-state index in [0.717, 1.165) is 25.7 Å². The maximum atomic E-state index is 10.0. The van der Waals surface area contributed by atoms with E-state index in [-0.39, 0.29) is 12.8 Å². The fourth-order valence-electron chi connectivity index (χ4n) is 2.10. The number of hydrogen-bond acceptors (Lipinski definition) is 4. The third-order valence-electron chi connectivity index (χ3n) is 3.47. The molecule has 0 aromatic carbocycles. The first-order chi connectivity index (χ1) is 10.5. The molecule has 0 saturated carbocycles. The van der Waals surface area contributed by atoms with Crippen LogP contribution in [0.3, 0.4) is 0 Å². The van der Waals surface area contributed by atoms with Gasteiger partial charge in [0.25, 0.3) is 0 Å². The quantitative estimate of drug-likeness (QED) is 0.462. The molecule has 0 atom stereocenters. The van der Waals surface area contributed by atoms with Gasteiger partial charge in [-0.05, 0) is 25.7 Å². The lowest BCUT2D eigenvalue weighted by molar-refractivity contribution is -0.307. The lowest BCUT2D eigenvalue weighted by atomic mass is 10.1. The number of carboxylic acids is 2. The van der Waals surface area contributed by atoms with Gasteiger partial charge in [-0.1, -0.05) is 78.1 Å². The molecule has 0 amide bonds. The monoisotopic (exact) mass is 314 g/mol. The van der Waals surface area contributed by atoms with Gasteiger partial charge in [-0.25, -0.2) is 0 Å². The standard InChI is InChI=1S/C10H18O4.C8H18/c11-9(12)7-5-3-1-2-4-6-8-10(13)14;1-3-5-7-8-6-4-2/h1-8H2,(H,11,12)(H,13,14);3-8H2,1-2H3/p-2. The van der Waals surface area contributed by atoms with Gasteiger partial charge in [-0.3, -0.25) is 0 Å². The first-order valence-corrected chi connectivity index (χ1v) is 8.94. The third kappa shape index (κ3) is 27.3. The summed E-state index contributed by atoms with van der Waals surface area (Å²) in [5.74, 6) is -2.00. The highest BCUT2D eigenvalue weighted by molar-refractivity contribution is 5.64. The highest BCUT2D eigenvalue weighted by Crippen LogP contribution is 2.07. The molecule has 0 aromatic rings. The zero-order valence-electron chi connectivity index (χ0n) is 14.5. The molecule has 0 aliphatic heterocycles. The van der Waals surface area contributed by atoms with Crippen molar-refractivity contribution in [1.29, 1.82) is 0 Å². The van der Waals surface area contributed by atoms with Crippen LogP contribution in [0, 0.1) is 0 Å². The van der Waals surface area contributed by atoms with Crippen LogP contribution in [0.1, 0.15) is 104 Å². The van der Waals surface area contributed by atoms with Crippen LogP contribution >= 0.6 is 0 Å². The molecular weight excluding hydrogens is 280 g/mol. The Morgan fingerprint density at radius 2 is 0.818 bits per heavy atom. The van der Waals surface area contributed by atoms with Gasteiger partial charge in [0.2, 0.25) is 0 Å². The van der Waals surface area contributed by atoms with Gasteiger partial charge in [0.1, 0.15) is 0 Å². The average Bonchev–Trinajstić information content (AvgIpc) is 2.46. The number of rotatable bonds is 14. The van der Waals surface area contributed by atoms with E-state index in [9.17, 15) is 19.8 Å². The Labute approximate surface area is 136 Å². The minimum Gasteiger partial charge on any atom is -0.550 e. The highest BCUT2D eigenvalue weighted by Gasteiger charge is 1.92. The van der Waals surface area contributed by atoms with Crippen molar-refractivity contribution in [3.05, 3.63) is 0 Å². The van der Waals surface area contributed by atoms with Gasteiger partial charge < -0.3 is 19.8 Å². The molecule has 0 fully saturated rings. The molecule has 0 heterocycles. The molecule has 0 aliphatic rings. The van der Waals surface area contributed by atoms with Crippen LogP contribution in [0.2, 0.25) is 0 Å². The van der Waals surface area contributed by atoms with Gasteiger partial charge in [0.05, 0.1) is 0 Å². The van der Waals surface area contributed by atoms with Crippen LogP contribution in [-0.2, 0) is 9.59 Å². The van der Waals surface area contributed by atoms with E-state index < -0.39 is 11.9 Å². The second-order valence-electron chi connectivity index (χ2n) is 5.78. The van der Waals surface area contributed by atoms with E-state index in [1.165, 1.54) is 38.5 Å². The molecule has 0 spiro atoms. The number of carbonyl (C=O) groups is 2. The lowest BCUT2D eigenvalue weighted by Crippen LogP contribution is -2.21. The fourth-order valence-corrected chi connectivity index (χ4v) is 2.10. The summed E-state index contributed by atoms with van der Waals surface area (Å²) in [7, 11) is 0. The van der Waals surface area contributed by atoms with Gasteiger partial charge in [-0.15, -0.1) is 0 Å². The number of unbranched alkanes of at least 4 members (excludes halogenated alkanes) is 10. The van der Waals surface area contributed by atoms with Crippen LogP contribution < -0.4 is 10.2 Å². The molecule has 0 aliphatic carbocycles. The van der Waals surface area contributed by atoms with Crippen LogP contribution in [0.4, 0.5) is 0 Å². The first-order valence-electron chi connectivity index (χ1n) is 8.94. The molecule has 4 heteroatoms. The zero-order chi connectivity index (χ0) is 17.1. The van der Waals surface area contributed by atoms with Crippen LogP contribution in [0.5, 0.6) is 0 Å². The summed E-state index contributed by atoms with van der Waals surface area (Å²) in [5.41, 5.74) is 0. The summed E-state index contributed by atoms with van der Waals surface area (Å²) in [6.07, 6.45) is 13.7. The number of hydrogen-bond donors (Lipinski definition) is 0. The molecule has 0 aromatic heterocycles. The lowest BCUT2D eigenvalue weighted by Gasteiger charge is -2.03. The molecule has 0 rings (SSSR count). The van der Waals surface area contributed by atoms with Gasteiger partial charge in [-0.2, -0.15) is 0 Å². The summed E-state index contributed by atoms with van der Waals surface area (Å²) in [5, 5.41) is 20.1. The van der Waals surface area contributed by atoms with Crippen molar-refractivity contribution in [2.24, 2.45) is 0 Å². The summed E-state index contributed by atoms with van der Waals surface area (Å²) in [6, 6.07) is 0. The summed E-state index contributed by atoms with van der Waals surface area (Å²) in [4.78, 5) is 20.1. The average molecular weight is 314 g/mol. The van der Waals surface area contributed by atoms with Gasteiger partial charge in [0, 0.05) is 11.9 Å². The van der Waals surface area contributed by atoms with E-state index in [1.54, 1.807) is 0 Å². The van der Waals surface area contributed by atoms with E-state index in [4.69, 9.17) is 0 Å². The minimum absolute atomic E-state index is 0.124. The van der Waals surface area contributed by atoms with Gasteiger partial charge >= 0.3 is 0 Å². The Kier molecular flexibility index (Phi) is 21.0. The van der Waals surface area contributed by atoms with Crippen molar-refractivity contribution in [1.82, 2.24) is 0 Å². The molecule has 4 nitrogen and oxygen atoms in total. The van der Waals surface area contributed by atoms with Crippen molar-refractivity contribution in [3.8, 4) is 0 Å². The highest BCUT2D eigenvalue weighted by atomic mass is 16.4. The van der Waals surface area contributed by atoms with Crippen molar-refractivity contribution in [3.63, 3.8) is 0 Å². The zero-order valence-corrected chi connectivity index (χ0v) is 14.5. The Morgan fingerprint density at radius 1 is 0.545 bits per heavy atom. The van der Waals surface area contributed by atoms with E-state index in [2.05, 4.69) is 13.8 Å². The number of aliphatic carboxylic acids is 2. The van der Waals surface area contributed by atoms with Crippen molar-refractivity contribution in [2.75, 3.05) is 0 Å². The Hall–Kier alpha value is -1.06. The van der Waals surface area contributed by atoms with Crippen LogP contribution in [-0.4, -0.2) is 11.9 Å². The first kappa shape index (κ1) is 23.2. The van der Waals surface area contributed by atoms with Gasteiger partial charge in [0.15, 0.2) is 0 Å². The van der Waals surface area contributed by atoms with Crippen LogP contribution in [0.15, 0.2) is 0 Å². The maximum Gasteiger partial charge on any atom is 0.0414 e. The van der Waals surface area contributed by atoms with E-state index in [0.29, 0.717) is 12.8 Å². The minimum atomic E-state index is -0.998. The molecule has 0 bridgehead atoms. The smallest absolute Gasteiger partial charge is 0.0414 e. The summed E-state index contributed by atoms with van der Waals surface area (Å²) < 4.78 is 0. The Bertz CT molecular complexity index is 225. The predicted octanol–water partition coefficient (Wildman–Crippen LogP) is 2.97. The topological polar surface area (TPSA) is 80.3 Å². The molecule has 0 unspecified atom stereocenters. The third-order valence-corrected chi connectivity index (χ3v) is 3.47. The SMILES string of the molecule is CCCCCCCC.O=C([O-])CCCCCCCCC(=O)[O-]. The molecule has 22 heavy (non-hydrogen) atoms. The largest absolute Gasteiger partial charge is 0.550 e. The van der Waals surface area contributed by atoms with Crippen molar-refractivity contribution >= 4 is 11.9 Å². The Morgan fingerprint density at radius 3 is 1.09 bits per heavy atom. The second-order valence-corrected chi connectivity index (χ2v) is 5.78. The predicted molar refractivity (Wildman–Crippen MR) is 86.0 cm³/mol. The maximum absolute atomic E-state index is 10.0. The molecule has 0 saturated heterocycles. The summed E-state index contributed by atoms with van der Waals surface area (Å²) >= 11 is 0. The van der Waals surface area contributed by atoms with E-state index >= 15 is 0 Å². The number of carbonyl (C=O) groups excluding carboxylic acids is 2. The normalized spacial score (nSPS) is 9.91. The molecule has 0 N–H and O–H groups in total. The van der Waals surface area contributed by atoms with E-state index in [1.807, 2.05) is 0 Å².